The number of benzene rings is 3. The summed E-state index contributed by atoms with van der Waals surface area (Å²) in [6.45, 7) is 3.60. The van der Waals surface area contributed by atoms with Crippen molar-refractivity contribution >= 4 is 57.0 Å². The lowest BCUT2D eigenvalue weighted by Gasteiger charge is -2.14. The molecule has 0 aliphatic carbocycles. The van der Waals surface area contributed by atoms with Crippen LogP contribution in [0.2, 0.25) is 0 Å². The molecule has 3 aliphatic rings. The Hall–Kier alpha value is -4.37. The van der Waals surface area contributed by atoms with Gasteiger partial charge in [0.25, 0.3) is 0 Å². The van der Waals surface area contributed by atoms with Crippen LogP contribution in [0.15, 0.2) is 53.5 Å². The normalized spacial score (nSPS) is 13.6. The number of anilines is 3. The Morgan fingerprint density at radius 1 is 0.723 bits per heavy atom. The largest absolute Gasteiger partial charge is 0.315 e. The van der Waals surface area contributed by atoms with Crippen molar-refractivity contribution in [2.75, 3.05) is 35.8 Å². The molecule has 3 aliphatic heterocycles. The Morgan fingerprint density at radius 2 is 1.06 bits per heavy atom. The third-order valence-corrected chi connectivity index (χ3v) is 8.31. The lowest BCUT2D eigenvalue weighted by Crippen LogP contribution is -2.22. The Bertz CT molecular complexity index is 1600. The first kappa shape index (κ1) is 38.8. The number of aldehydes is 1. The second kappa shape index (κ2) is 17.0. The second-order valence-electron chi connectivity index (χ2n) is 10.3. The van der Waals surface area contributed by atoms with E-state index < -0.39 is 5.82 Å². The molecule has 3 aromatic rings. The summed E-state index contributed by atoms with van der Waals surface area (Å²) in [5.41, 5.74) is 5.39. The highest BCUT2D eigenvalue weighted by Crippen LogP contribution is 2.37. The maximum atomic E-state index is 13.5. The van der Waals surface area contributed by atoms with Gasteiger partial charge in [-0.1, -0.05) is 36.7 Å². The number of carbonyl (C=O) groups excluding carboxylic acids is 4. The van der Waals surface area contributed by atoms with Crippen LogP contribution in [0.3, 0.4) is 0 Å². The van der Waals surface area contributed by atoms with Crippen LogP contribution >= 0.6 is 15.9 Å². The summed E-state index contributed by atoms with van der Waals surface area (Å²) in [5, 5.41) is 15.5. The molecule has 0 aromatic heterocycles. The number of allylic oxidation sites excluding steroid dienone is 1. The summed E-state index contributed by atoms with van der Waals surface area (Å²) >= 11 is 3.13. The van der Waals surface area contributed by atoms with Gasteiger partial charge < -0.3 is 19.5 Å². The zero-order chi connectivity index (χ0) is 34.3. The van der Waals surface area contributed by atoms with Gasteiger partial charge >= 0.3 is 0 Å². The topological polar surface area (TPSA) is 128 Å². The highest BCUT2D eigenvalue weighted by atomic mass is 79.9. The van der Waals surface area contributed by atoms with E-state index in [1.54, 1.807) is 45.4 Å². The smallest absolute Gasteiger partial charge is 0.231 e. The van der Waals surface area contributed by atoms with Crippen LogP contribution in [0.25, 0.3) is 0 Å². The highest BCUT2D eigenvalue weighted by molar-refractivity contribution is 9.10. The Morgan fingerprint density at radius 3 is 1.45 bits per heavy atom. The van der Waals surface area contributed by atoms with E-state index >= 15 is 0 Å². The Balaban J connectivity index is 0.000000233. The summed E-state index contributed by atoms with van der Waals surface area (Å²) in [4.78, 5) is 49.0. The summed E-state index contributed by atoms with van der Waals surface area (Å²) in [6, 6.07) is 9.03. The fourth-order valence-corrected chi connectivity index (χ4v) is 6.01. The fraction of sp³-hybridized carbons (Fsp3) is 0.273. The van der Waals surface area contributed by atoms with Crippen LogP contribution in [0.5, 0.6) is 0 Å². The quantitative estimate of drug-likeness (QED) is 0.150. The van der Waals surface area contributed by atoms with Crippen LogP contribution in [0.1, 0.15) is 35.2 Å². The maximum Gasteiger partial charge on any atom is 0.231 e. The van der Waals surface area contributed by atoms with Gasteiger partial charge in [-0.3, -0.25) is 14.4 Å². The van der Waals surface area contributed by atoms with Gasteiger partial charge in [-0.2, -0.15) is 0 Å². The molecule has 0 spiro atoms. The molecular weight excluding hydrogens is 687 g/mol. The summed E-state index contributed by atoms with van der Waals surface area (Å²) in [6.07, 6.45) is 3.78. The van der Waals surface area contributed by atoms with Gasteiger partial charge in [0.05, 0.1) is 40.8 Å². The number of carbonyl (C=O) groups is 4. The molecule has 3 amide bonds. The maximum absolute atomic E-state index is 13.5. The lowest BCUT2D eigenvalue weighted by molar-refractivity contribution is -0.465. The molecular formula is C33H35BrF3N3O7. The van der Waals surface area contributed by atoms with E-state index in [1.807, 2.05) is 0 Å². The highest BCUT2D eigenvalue weighted by Gasteiger charge is 2.29. The van der Waals surface area contributed by atoms with E-state index in [4.69, 9.17) is 10.5 Å². The minimum Gasteiger partial charge on any atom is -0.315 e. The van der Waals surface area contributed by atoms with Crippen molar-refractivity contribution in [3.63, 3.8) is 0 Å². The van der Waals surface area contributed by atoms with Crippen molar-refractivity contribution < 1.29 is 47.9 Å². The van der Waals surface area contributed by atoms with Crippen LogP contribution < -0.4 is 14.7 Å². The number of amides is 3. The summed E-state index contributed by atoms with van der Waals surface area (Å²) < 4.78 is 40.4. The average Bonchev–Trinajstić information content (AvgIpc) is 3.60. The van der Waals surface area contributed by atoms with Crippen LogP contribution in [-0.4, -0.2) is 55.7 Å². The molecule has 0 saturated carbocycles. The standard InChI is InChI=1S/C12H12FNO.C11H10FNO2.C9H7BrFNO.CH4.H2O3/c1-3-4-9-10(13)6-5-8-7-11(15)14(2)12(8)9;1-13-10(15)6-7-2-3-9(12)8(4-5-14)11(7)13;1-12-7(13)4-5-2-3-6(11)8(10)9(5)12;;1-3-2/h3,5-6H,1,4,7H2,2H3;2-3,5H,4,6H2,1H3;2-3H,4H2,1H3;1H4;1-2H. The average molecular weight is 723 g/mol. The van der Waals surface area contributed by atoms with E-state index in [0.29, 0.717) is 52.5 Å². The first-order valence-electron chi connectivity index (χ1n) is 13.7. The van der Waals surface area contributed by atoms with Crippen molar-refractivity contribution in [1.29, 1.82) is 0 Å². The van der Waals surface area contributed by atoms with Gasteiger partial charge in [0.15, 0.2) is 0 Å². The molecule has 47 heavy (non-hydrogen) atoms. The monoisotopic (exact) mass is 721 g/mol. The first-order valence-corrected chi connectivity index (χ1v) is 14.5. The van der Waals surface area contributed by atoms with Gasteiger partial charge in [-0.25, -0.2) is 23.7 Å². The third kappa shape index (κ3) is 8.32. The Labute approximate surface area is 278 Å². The van der Waals surface area contributed by atoms with Crippen molar-refractivity contribution in [3.05, 3.63) is 98.8 Å². The number of hydrogen-bond donors (Lipinski definition) is 2. The molecule has 252 valence electrons. The van der Waals surface area contributed by atoms with E-state index in [1.165, 1.54) is 32.9 Å². The zero-order valence-electron chi connectivity index (χ0n) is 25.2. The molecule has 14 heteroatoms. The first-order chi connectivity index (χ1) is 21.8. The fourth-order valence-electron chi connectivity index (χ4n) is 5.36. The molecule has 3 heterocycles. The van der Waals surface area contributed by atoms with E-state index in [-0.39, 0.29) is 49.6 Å². The Kier molecular flexibility index (Phi) is 14.0. The van der Waals surface area contributed by atoms with Crippen molar-refractivity contribution in [3.8, 4) is 0 Å². The third-order valence-electron chi connectivity index (χ3n) is 7.56. The number of likely N-dealkylation sites (N-methyl/N-ethyl adjacent to an activating group) is 3. The predicted molar refractivity (Wildman–Crippen MR) is 175 cm³/mol. The van der Waals surface area contributed by atoms with Crippen molar-refractivity contribution in [1.82, 2.24) is 0 Å². The van der Waals surface area contributed by atoms with Gasteiger partial charge in [-0.15, -0.1) is 6.58 Å². The summed E-state index contributed by atoms with van der Waals surface area (Å²) in [7, 11) is 4.93. The van der Waals surface area contributed by atoms with Crippen LogP contribution in [0.4, 0.5) is 30.2 Å². The number of fused-ring (bicyclic) bond motifs is 3. The number of hydrogen-bond acceptors (Lipinski definition) is 7. The summed E-state index contributed by atoms with van der Waals surface area (Å²) in [5.74, 6) is -1.08. The van der Waals surface area contributed by atoms with Crippen LogP contribution in [0, 0.1) is 17.5 Å². The molecule has 0 bridgehead atoms. The molecule has 3 aromatic carbocycles. The lowest BCUT2D eigenvalue weighted by atomic mass is 10.0. The predicted octanol–water partition coefficient (Wildman–Crippen LogP) is 5.85. The van der Waals surface area contributed by atoms with Gasteiger partial charge in [0, 0.05) is 38.7 Å². The number of rotatable bonds is 4. The van der Waals surface area contributed by atoms with E-state index in [2.05, 4.69) is 27.5 Å². The molecule has 2 N–H and O–H groups in total. The molecule has 6 rings (SSSR count). The van der Waals surface area contributed by atoms with Crippen molar-refractivity contribution in [2.24, 2.45) is 0 Å². The second-order valence-corrected chi connectivity index (χ2v) is 11.1. The molecule has 10 nitrogen and oxygen atoms in total. The van der Waals surface area contributed by atoms with Crippen molar-refractivity contribution in [2.45, 2.75) is 39.5 Å². The van der Waals surface area contributed by atoms with E-state index in [9.17, 15) is 32.3 Å². The zero-order valence-corrected chi connectivity index (χ0v) is 26.7. The van der Waals surface area contributed by atoms with Gasteiger partial charge in [0.1, 0.15) is 23.7 Å². The molecule has 0 unspecified atom stereocenters. The molecule has 0 saturated heterocycles. The molecule has 0 atom stereocenters. The SMILES string of the molecule is C.C=CCc1c(F)ccc2c1N(C)C(=O)C2.CN1C(=O)Cc2ccc(F)c(Br)c21.CN1C(=O)Cc2ccc(F)c(CC=O)c21.OOO. The minimum atomic E-state index is -0.428. The van der Waals surface area contributed by atoms with Crippen LogP contribution in [-0.2, 0) is 56.3 Å². The van der Waals surface area contributed by atoms with Gasteiger partial charge in [-0.05, 0) is 57.2 Å². The number of nitrogens with zero attached hydrogens (tertiary/aromatic N) is 3. The van der Waals surface area contributed by atoms with E-state index in [0.717, 1.165) is 22.4 Å². The molecule has 0 fully saturated rings. The number of halogens is 4. The minimum absolute atomic E-state index is 0. The molecule has 0 radical (unpaired) electrons. The van der Waals surface area contributed by atoms with Gasteiger partial charge in [0.2, 0.25) is 17.7 Å².